The van der Waals surface area contributed by atoms with Gasteiger partial charge in [0, 0.05) is 17.1 Å². The maximum absolute atomic E-state index is 12.6. The summed E-state index contributed by atoms with van der Waals surface area (Å²) in [5, 5.41) is 2.80. The first-order valence-electron chi connectivity index (χ1n) is 9.46. The minimum atomic E-state index is -3.24. The molecule has 0 fully saturated rings. The molecule has 162 valence electrons. The number of sulfonamides is 1. The highest BCUT2D eigenvalue weighted by atomic mass is 32.2. The van der Waals surface area contributed by atoms with Crippen LogP contribution in [0.2, 0.25) is 0 Å². The van der Waals surface area contributed by atoms with Crippen LogP contribution < -0.4 is 14.8 Å². The zero-order valence-corrected chi connectivity index (χ0v) is 18.5. The lowest BCUT2D eigenvalue weighted by atomic mass is 10.2. The Hall–Kier alpha value is -3.01. The van der Waals surface area contributed by atoms with E-state index < -0.39 is 10.0 Å². The van der Waals surface area contributed by atoms with E-state index in [4.69, 9.17) is 4.74 Å². The lowest BCUT2D eigenvalue weighted by Crippen LogP contribution is -2.24. The van der Waals surface area contributed by atoms with Crippen molar-refractivity contribution in [2.24, 2.45) is 0 Å². The maximum Gasteiger partial charge on any atom is 0.259 e. The number of benzene rings is 2. The molecule has 0 radical (unpaired) electrons. The van der Waals surface area contributed by atoms with Crippen molar-refractivity contribution in [3.8, 4) is 5.75 Å². The summed E-state index contributed by atoms with van der Waals surface area (Å²) in [4.78, 5) is 26.5. The van der Waals surface area contributed by atoms with Crippen LogP contribution in [-0.2, 0) is 16.4 Å². The molecule has 0 saturated carbocycles. The standard InChI is InChI=1S/C22H22N2O5S2/c1-31(27,28)23-14-13-17-11-12-21(30-17)19(25)15-29-20-10-6-5-9-18(20)22(26)24-16-7-3-2-4-8-16/h2-12,23H,13-15H2,1H3,(H,24,26). The zero-order valence-electron chi connectivity index (χ0n) is 16.8. The molecule has 0 aliphatic carbocycles. The van der Waals surface area contributed by atoms with Gasteiger partial charge in [-0.3, -0.25) is 9.59 Å². The number of anilines is 1. The molecule has 7 nitrogen and oxygen atoms in total. The van der Waals surface area contributed by atoms with Gasteiger partial charge in [0.25, 0.3) is 5.91 Å². The van der Waals surface area contributed by atoms with E-state index in [0.717, 1.165) is 11.1 Å². The second kappa shape index (κ2) is 10.3. The molecule has 0 spiro atoms. The molecule has 2 N–H and O–H groups in total. The van der Waals surface area contributed by atoms with Crippen LogP contribution in [0.4, 0.5) is 5.69 Å². The van der Waals surface area contributed by atoms with Crippen LogP contribution in [-0.4, -0.2) is 39.5 Å². The van der Waals surface area contributed by atoms with E-state index in [9.17, 15) is 18.0 Å². The highest BCUT2D eigenvalue weighted by Crippen LogP contribution is 2.22. The third-order valence-electron chi connectivity index (χ3n) is 4.19. The predicted octanol–water partition coefficient (Wildman–Crippen LogP) is 3.35. The fourth-order valence-corrected chi connectivity index (χ4v) is 4.14. The van der Waals surface area contributed by atoms with Crippen molar-refractivity contribution >= 4 is 38.7 Å². The summed E-state index contributed by atoms with van der Waals surface area (Å²) < 4.78 is 30.3. The molecule has 1 aromatic heterocycles. The summed E-state index contributed by atoms with van der Waals surface area (Å²) in [7, 11) is -3.24. The van der Waals surface area contributed by atoms with Crippen molar-refractivity contribution in [3.05, 3.63) is 82.0 Å². The van der Waals surface area contributed by atoms with Crippen LogP contribution in [0, 0.1) is 0 Å². The number of ether oxygens (including phenoxy) is 1. The molecule has 0 aliphatic heterocycles. The van der Waals surface area contributed by atoms with Gasteiger partial charge in [0.2, 0.25) is 15.8 Å². The Balaban J connectivity index is 1.59. The van der Waals surface area contributed by atoms with Crippen molar-refractivity contribution in [3.63, 3.8) is 0 Å². The number of rotatable bonds is 10. The molecule has 2 aromatic carbocycles. The van der Waals surface area contributed by atoms with E-state index in [-0.39, 0.29) is 24.8 Å². The molecule has 0 bridgehead atoms. The summed E-state index contributed by atoms with van der Waals surface area (Å²) >= 11 is 1.30. The van der Waals surface area contributed by atoms with E-state index in [1.807, 2.05) is 18.2 Å². The first-order chi connectivity index (χ1) is 14.8. The second-order valence-electron chi connectivity index (χ2n) is 6.71. The SMILES string of the molecule is CS(=O)(=O)NCCc1ccc(C(=O)COc2ccccc2C(=O)Nc2ccccc2)s1. The van der Waals surface area contributed by atoms with Crippen LogP contribution in [0.3, 0.4) is 0 Å². The Morgan fingerprint density at radius 3 is 2.42 bits per heavy atom. The number of Topliss-reactive ketones (excluding diaryl/α,β-unsaturated/α-hetero) is 1. The summed E-state index contributed by atoms with van der Waals surface area (Å²) in [5.74, 6) is -0.227. The Kier molecular flexibility index (Phi) is 7.56. The molecule has 1 heterocycles. The van der Waals surface area contributed by atoms with E-state index in [2.05, 4.69) is 10.0 Å². The Labute approximate surface area is 185 Å². The third kappa shape index (κ3) is 7.02. The van der Waals surface area contributed by atoms with E-state index in [1.165, 1.54) is 11.3 Å². The maximum atomic E-state index is 12.6. The largest absolute Gasteiger partial charge is 0.485 e. The van der Waals surface area contributed by atoms with Gasteiger partial charge in [-0.2, -0.15) is 0 Å². The van der Waals surface area contributed by atoms with Crippen molar-refractivity contribution in [1.29, 1.82) is 0 Å². The number of carbonyl (C=O) groups is 2. The van der Waals surface area contributed by atoms with Crippen LogP contribution in [0.15, 0.2) is 66.7 Å². The molecular formula is C22H22N2O5S2. The molecule has 0 atom stereocenters. The van der Waals surface area contributed by atoms with Crippen molar-refractivity contribution < 1.29 is 22.7 Å². The van der Waals surface area contributed by atoms with Gasteiger partial charge in [-0.1, -0.05) is 30.3 Å². The second-order valence-corrected chi connectivity index (χ2v) is 9.71. The normalized spacial score (nSPS) is 11.1. The minimum Gasteiger partial charge on any atom is -0.485 e. The minimum absolute atomic E-state index is 0.211. The first kappa shape index (κ1) is 22.7. The topological polar surface area (TPSA) is 102 Å². The molecule has 0 unspecified atom stereocenters. The number of nitrogens with one attached hydrogen (secondary N) is 2. The number of hydrogen-bond acceptors (Lipinski definition) is 6. The first-order valence-corrected chi connectivity index (χ1v) is 12.2. The summed E-state index contributed by atoms with van der Waals surface area (Å²) in [6.45, 7) is 0.0601. The number of ketones is 1. The van der Waals surface area contributed by atoms with Gasteiger partial charge in [0.1, 0.15) is 5.75 Å². The Bertz CT molecular complexity index is 1160. The molecule has 31 heavy (non-hydrogen) atoms. The highest BCUT2D eigenvalue weighted by molar-refractivity contribution is 7.88. The average Bonchev–Trinajstić information content (AvgIpc) is 3.21. The van der Waals surface area contributed by atoms with Crippen LogP contribution in [0.5, 0.6) is 5.75 Å². The number of hydrogen-bond donors (Lipinski definition) is 2. The molecule has 3 aromatic rings. The van der Waals surface area contributed by atoms with E-state index >= 15 is 0 Å². The van der Waals surface area contributed by atoms with Gasteiger partial charge in [-0.15, -0.1) is 11.3 Å². The summed E-state index contributed by atoms with van der Waals surface area (Å²) in [6.07, 6.45) is 1.60. The van der Waals surface area contributed by atoms with Gasteiger partial charge in [-0.05, 0) is 42.8 Å². The number of thiophene rings is 1. The molecule has 9 heteroatoms. The van der Waals surface area contributed by atoms with Crippen LogP contribution in [0.1, 0.15) is 24.9 Å². The zero-order chi connectivity index (χ0) is 22.3. The van der Waals surface area contributed by atoms with Gasteiger partial charge in [0.05, 0.1) is 16.7 Å². The van der Waals surface area contributed by atoms with Gasteiger partial charge >= 0.3 is 0 Å². The fraction of sp³-hybridized carbons (Fsp3) is 0.182. The number of carbonyl (C=O) groups excluding carboxylic acids is 2. The van der Waals surface area contributed by atoms with Gasteiger partial charge in [-0.25, -0.2) is 13.1 Å². The van der Waals surface area contributed by atoms with Crippen LogP contribution >= 0.6 is 11.3 Å². The Morgan fingerprint density at radius 1 is 0.968 bits per heavy atom. The number of para-hydroxylation sites is 2. The van der Waals surface area contributed by atoms with Gasteiger partial charge < -0.3 is 10.1 Å². The monoisotopic (exact) mass is 458 g/mol. The smallest absolute Gasteiger partial charge is 0.259 e. The quantitative estimate of drug-likeness (QED) is 0.454. The highest BCUT2D eigenvalue weighted by Gasteiger charge is 2.15. The lowest BCUT2D eigenvalue weighted by Gasteiger charge is -2.11. The average molecular weight is 459 g/mol. The summed E-state index contributed by atoms with van der Waals surface area (Å²) in [5.41, 5.74) is 0.993. The third-order valence-corrected chi connectivity index (χ3v) is 6.11. The fourth-order valence-electron chi connectivity index (χ4n) is 2.74. The van der Waals surface area contributed by atoms with Crippen LogP contribution in [0.25, 0.3) is 0 Å². The number of amides is 1. The summed E-state index contributed by atoms with van der Waals surface area (Å²) in [6, 6.07) is 19.3. The predicted molar refractivity (Wildman–Crippen MR) is 122 cm³/mol. The lowest BCUT2D eigenvalue weighted by molar-refractivity contribution is 0.0918. The Morgan fingerprint density at radius 2 is 1.68 bits per heavy atom. The molecule has 0 saturated heterocycles. The molecular weight excluding hydrogens is 436 g/mol. The van der Waals surface area contributed by atoms with E-state index in [0.29, 0.717) is 28.3 Å². The van der Waals surface area contributed by atoms with Crippen molar-refractivity contribution in [2.75, 3.05) is 24.7 Å². The molecule has 3 rings (SSSR count). The van der Waals surface area contributed by atoms with E-state index in [1.54, 1.807) is 48.5 Å². The van der Waals surface area contributed by atoms with Crippen molar-refractivity contribution in [2.45, 2.75) is 6.42 Å². The molecule has 1 amide bonds. The van der Waals surface area contributed by atoms with Crippen molar-refractivity contribution in [1.82, 2.24) is 4.72 Å². The molecule has 0 aliphatic rings. The van der Waals surface area contributed by atoms with Gasteiger partial charge in [0.15, 0.2) is 6.61 Å².